The van der Waals surface area contributed by atoms with Gasteiger partial charge in [0.2, 0.25) is 11.1 Å². The van der Waals surface area contributed by atoms with Crippen LogP contribution in [0, 0.1) is 6.92 Å². The summed E-state index contributed by atoms with van der Waals surface area (Å²) in [6, 6.07) is 7.95. The van der Waals surface area contributed by atoms with E-state index in [0.717, 1.165) is 35.5 Å². The number of aromatic amines is 1. The average Bonchev–Trinajstić information content (AvgIpc) is 3.16. The van der Waals surface area contributed by atoms with Crippen LogP contribution < -0.4 is 10.1 Å². The summed E-state index contributed by atoms with van der Waals surface area (Å²) in [5.41, 5.74) is -0.154. The minimum absolute atomic E-state index is 0.00103. The number of benzene rings is 2. The predicted octanol–water partition coefficient (Wildman–Crippen LogP) is 5.75. The lowest BCUT2D eigenvalue weighted by Gasteiger charge is -2.11. The Morgan fingerprint density at radius 3 is 2.65 bits per heavy atom. The standard InChI is InChI=1S/C19H15Cl2F3N4O2S/c1-10-6-12(3-5-13(10)20)30-8-16-26-18(28-27-16)31-9-17(29)25-15-7-11(19(22,23)24)2-4-14(15)21/h2-7H,8-9H2,1H3,(H,25,29)(H,26,27,28). The number of amides is 1. The van der Waals surface area contributed by atoms with Crippen molar-refractivity contribution in [1.29, 1.82) is 0 Å². The molecule has 164 valence electrons. The third-order valence-corrected chi connectivity index (χ3v) is 5.52. The molecule has 0 bridgehead atoms. The van der Waals surface area contributed by atoms with Crippen LogP contribution in [0.2, 0.25) is 10.0 Å². The highest BCUT2D eigenvalue weighted by Crippen LogP contribution is 2.34. The van der Waals surface area contributed by atoms with Gasteiger partial charge < -0.3 is 10.1 Å². The predicted molar refractivity (Wildman–Crippen MR) is 113 cm³/mol. The van der Waals surface area contributed by atoms with E-state index in [1.165, 1.54) is 0 Å². The number of ether oxygens (including phenoxy) is 1. The van der Waals surface area contributed by atoms with Crippen molar-refractivity contribution < 1.29 is 22.7 Å². The van der Waals surface area contributed by atoms with Gasteiger partial charge >= 0.3 is 6.18 Å². The third-order valence-electron chi connectivity index (χ3n) is 3.92. The number of H-pyrrole nitrogens is 1. The van der Waals surface area contributed by atoms with Crippen LogP contribution in [0.3, 0.4) is 0 Å². The number of carbonyl (C=O) groups is 1. The number of alkyl halides is 3. The molecule has 0 radical (unpaired) electrons. The van der Waals surface area contributed by atoms with Crippen molar-refractivity contribution in [3.63, 3.8) is 0 Å². The number of aromatic nitrogens is 3. The fraction of sp³-hybridized carbons (Fsp3) is 0.211. The topological polar surface area (TPSA) is 79.9 Å². The summed E-state index contributed by atoms with van der Waals surface area (Å²) >= 11 is 12.9. The van der Waals surface area contributed by atoms with Gasteiger partial charge in [-0.3, -0.25) is 9.89 Å². The van der Waals surface area contributed by atoms with Crippen molar-refractivity contribution in [2.45, 2.75) is 24.9 Å². The minimum Gasteiger partial charge on any atom is -0.486 e. The molecule has 2 N–H and O–H groups in total. The zero-order valence-corrected chi connectivity index (χ0v) is 18.2. The van der Waals surface area contributed by atoms with Crippen LogP contribution >= 0.6 is 35.0 Å². The molecule has 0 spiro atoms. The highest BCUT2D eigenvalue weighted by Gasteiger charge is 2.31. The molecule has 3 aromatic rings. The van der Waals surface area contributed by atoms with E-state index < -0.39 is 17.6 Å². The fourth-order valence-electron chi connectivity index (χ4n) is 2.38. The normalized spacial score (nSPS) is 11.4. The molecule has 6 nitrogen and oxygen atoms in total. The smallest absolute Gasteiger partial charge is 0.416 e. The highest BCUT2D eigenvalue weighted by molar-refractivity contribution is 7.99. The summed E-state index contributed by atoms with van der Waals surface area (Å²) < 4.78 is 44.1. The lowest BCUT2D eigenvalue weighted by molar-refractivity contribution is -0.137. The van der Waals surface area contributed by atoms with Crippen molar-refractivity contribution in [3.8, 4) is 5.75 Å². The highest BCUT2D eigenvalue weighted by atomic mass is 35.5. The van der Waals surface area contributed by atoms with Crippen LogP contribution in [0.25, 0.3) is 0 Å². The number of aryl methyl sites for hydroxylation is 1. The molecule has 12 heteroatoms. The van der Waals surface area contributed by atoms with Crippen LogP contribution in [-0.4, -0.2) is 26.8 Å². The van der Waals surface area contributed by atoms with Gasteiger partial charge in [-0.2, -0.15) is 13.2 Å². The second-order valence-electron chi connectivity index (χ2n) is 6.29. The summed E-state index contributed by atoms with van der Waals surface area (Å²) in [7, 11) is 0. The molecular formula is C19H15Cl2F3N4O2S. The molecule has 31 heavy (non-hydrogen) atoms. The van der Waals surface area contributed by atoms with E-state index in [-0.39, 0.29) is 28.2 Å². The van der Waals surface area contributed by atoms with Crippen LogP contribution in [-0.2, 0) is 17.6 Å². The second-order valence-corrected chi connectivity index (χ2v) is 8.05. The van der Waals surface area contributed by atoms with Crippen LogP contribution in [0.1, 0.15) is 17.0 Å². The van der Waals surface area contributed by atoms with E-state index in [1.807, 2.05) is 6.92 Å². The van der Waals surface area contributed by atoms with Gasteiger partial charge in [0, 0.05) is 5.02 Å². The van der Waals surface area contributed by atoms with Crippen molar-refractivity contribution in [3.05, 3.63) is 63.4 Å². The van der Waals surface area contributed by atoms with E-state index in [0.29, 0.717) is 16.6 Å². The van der Waals surface area contributed by atoms with E-state index >= 15 is 0 Å². The Labute approximate surface area is 189 Å². The molecule has 0 unspecified atom stereocenters. The number of thioether (sulfide) groups is 1. The summed E-state index contributed by atoms with van der Waals surface area (Å²) in [5.74, 6) is 0.382. The van der Waals surface area contributed by atoms with Gasteiger partial charge in [0.05, 0.1) is 22.0 Å². The molecule has 0 aliphatic carbocycles. The summed E-state index contributed by atoms with van der Waals surface area (Å²) in [6.45, 7) is 1.98. The third kappa shape index (κ3) is 6.52. The minimum atomic E-state index is -4.54. The Balaban J connectivity index is 1.52. The molecule has 2 aromatic carbocycles. The molecule has 0 atom stereocenters. The van der Waals surface area contributed by atoms with Crippen molar-refractivity contribution in [2.75, 3.05) is 11.1 Å². The van der Waals surface area contributed by atoms with Crippen molar-refractivity contribution in [1.82, 2.24) is 15.2 Å². The van der Waals surface area contributed by atoms with Gasteiger partial charge in [-0.1, -0.05) is 35.0 Å². The zero-order chi connectivity index (χ0) is 22.6. The maximum absolute atomic E-state index is 12.8. The number of nitrogens with zero attached hydrogens (tertiary/aromatic N) is 2. The fourth-order valence-corrected chi connectivity index (χ4v) is 3.28. The Bertz CT molecular complexity index is 1090. The number of carbonyl (C=O) groups excluding carboxylic acids is 1. The van der Waals surface area contributed by atoms with Crippen LogP contribution in [0.15, 0.2) is 41.6 Å². The molecule has 0 aliphatic rings. The SMILES string of the molecule is Cc1cc(OCc2nc(SCC(=O)Nc3cc(C(F)(F)F)ccc3Cl)n[nH]2)ccc1Cl. The van der Waals surface area contributed by atoms with E-state index in [4.69, 9.17) is 27.9 Å². The maximum Gasteiger partial charge on any atom is 0.416 e. The summed E-state index contributed by atoms with van der Waals surface area (Å²) in [6.07, 6.45) is -4.54. The molecule has 0 saturated heterocycles. The lowest BCUT2D eigenvalue weighted by atomic mass is 10.2. The van der Waals surface area contributed by atoms with Gasteiger partial charge in [-0.15, -0.1) is 5.10 Å². The number of rotatable bonds is 7. The van der Waals surface area contributed by atoms with Gasteiger partial charge in [0.15, 0.2) is 5.82 Å². The molecule has 0 aliphatic heterocycles. The first kappa shape index (κ1) is 23.2. The van der Waals surface area contributed by atoms with E-state index in [1.54, 1.807) is 18.2 Å². The van der Waals surface area contributed by atoms with E-state index in [9.17, 15) is 18.0 Å². The van der Waals surface area contributed by atoms with E-state index in [2.05, 4.69) is 20.5 Å². The number of hydrogen-bond acceptors (Lipinski definition) is 5. The maximum atomic E-state index is 12.8. The molecule has 3 rings (SSSR count). The number of hydrogen-bond donors (Lipinski definition) is 2. The van der Waals surface area contributed by atoms with Crippen LogP contribution in [0.4, 0.5) is 18.9 Å². The molecule has 0 saturated carbocycles. The Morgan fingerprint density at radius 1 is 1.19 bits per heavy atom. The molecule has 1 heterocycles. The van der Waals surface area contributed by atoms with Crippen LogP contribution in [0.5, 0.6) is 5.75 Å². The summed E-state index contributed by atoms with van der Waals surface area (Å²) in [4.78, 5) is 16.3. The van der Waals surface area contributed by atoms with Gasteiger partial charge in [-0.05, 0) is 48.9 Å². The Hall–Kier alpha value is -2.43. The first-order valence-electron chi connectivity index (χ1n) is 8.71. The van der Waals surface area contributed by atoms with Gasteiger partial charge in [0.25, 0.3) is 0 Å². The quantitative estimate of drug-likeness (QED) is 0.412. The van der Waals surface area contributed by atoms with Crippen molar-refractivity contribution in [2.24, 2.45) is 0 Å². The lowest BCUT2D eigenvalue weighted by Crippen LogP contribution is -2.15. The number of halogens is 5. The zero-order valence-electron chi connectivity index (χ0n) is 15.9. The number of nitrogens with one attached hydrogen (secondary N) is 2. The van der Waals surface area contributed by atoms with Crippen molar-refractivity contribution >= 4 is 46.6 Å². The monoisotopic (exact) mass is 490 g/mol. The molecule has 1 aromatic heterocycles. The first-order valence-corrected chi connectivity index (χ1v) is 10.5. The Kier molecular flexibility index (Phi) is 7.34. The Morgan fingerprint density at radius 2 is 1.94 bits per heavy atom. The molecular weight excluding hydrogens is 476 g/mol. The molecule has 1 amide bonds. The van der Waals surface area contributed by atoms with Gasteiger partial charge in [-0.25, -0.2) is 4.98 Å². The summed E-state index contributed by atoms with van der Waals surface area (Å²) in [5, 5.41) is 9.96. The molecule has 0 fully saturated rings. The first-order chi connectivity index (χ1) is 14.6. The van der Waals surface area contributed by atoms with Gasteiger partial charge in [0.1, 0.15) is 12.4 Å². The number of anilines is 1. The largest absolute Gasteiger partial charge is 0.486 e. The second kappa shape index (κ2) is 9.80. The average molecular weight is 491 g/mol.